The highest BCUT2D eigenvalue weighted by Gasteiger charge is 2.25. The van der Waals surface area contributed by atoms with Gasteiger partial charge in [-0.25, -0.2) is 9.37 Å². The van der Waals surface area contributed by atoms with Crippen LogP contribution in [0.4, 0.5) is 4.39 Å². The van der Waals surface area contributed by atoms with E-state index in [0.29, 0.717) is 12.1 Å². The molecule has 0 unspecified atom stereocenters. The quantitative estimate of drug-likeness (QED) is 0.750. The van der Waals surface area contributed by atoms with E-state index >= 15 is 0 Å². The molecule has 0 aliphatic carbocycles. The van der Waals surface area contributed by atoms with Gasteiger partial charge < -0.3 is 9.64 Å². The van der Waals surface area contributed by atoms with Gasteiger partial charge in [0.1, 0.15) is 0 Å². The number of nitrogens with zero attached hydrogens (tertiary/aromatic N) is 3. The lowest BCUT2D eigenvalue weighted by Crippen LogP contribution is -2.45. The normalized spacial score (nSPS) is 17.2. The van der Waals surface area contributed by atoms with Crippen LogP contribution in [0.3, 0.4) is 0 Å². The molecule has 6 heteroatoms. The summed E-state index contributed by atoms with van der Waals surface area (Å²) in [6.07, 6.45) is 1.55. The molecule has 1 aliphatic rings. The second-order valence-electron chi connectivity index (χ2n) is 6.80. The van der Waals surface area contributed by atoms with Gasteiger partial charge in [0.25, 0.3) is 0 Å². The molecule has 124 valence electrons. The van der Waals surface area contributed by atoms with E-state index in [2.05, 4.69) is 28.6 Å². The summed E-state index contributed by atoms with van der Waals surface area (Å²) >= 11 is 5.74. The molecule has 1 aromatic heterocycles. The average Bonchev–Trinajstić information content (AvgIpc) is 2.43. The highest BCUT2D eigenvalue weighted by atomic mass is 35.5. The summed E-state index contributed by atoms with van der Waals surface area (Å²) in [6, 6.07) is 1.69. The topological polar surface area (TPSA) is 28.6 Å². The summed E-state index contributed by atoms with van der Waals surface area (Å²) in [7, 11) is 2.01. The van der Waals surface area contributed by atoms with E-state index in [1.807, 2.05) is 7.05 Å². The van der Waals surface area contributed by atoms with Gasteiger partial charge in [0.05, 0.1) is 13.2 Å². The Morgan fingerprint density at radius 1 is 1.41 bits per heavy atom. The fourth-order valence-electron chi connectivity index (χ4n) is 3.07. The van der Waals surface area contributed by atoms with Crippen molar-refractivity contribution in [1.29, 1.82) is 0 Å². The first-order chi connectivity index (χ1) is 10.4. The summed E-state index contributed by atoms with van der Waals surface area (Å²) in [5, 5.41) is -0.0570. The fourth-order valence-corrected chi connectivity index (χ4v) is 3.25. The molecule has 0 amide bonds. The van der Waals surface area contributed by atoms with E-state index in [9.17, 15) is 4.39 Å². The fraction of sp³-hybridized carbons (Fsp3) is 0.688. The zero-order valence-corrected chi connectivity index (χ0v) is 14.4. The molecule has 2 heterocycles. The summed E-state index contributed by atoms with van der Waals surface area (Å²) < 4.78 is 19.3. The first-order valence-electron chi connectivity index (χ1n) is 7.65. The van der Waals surface area contributed by atoms with Crippen molar-refractivity contribution < 1.29 is 9.13 Å². The molecule has 0 saturated carbocycles. The number of rotatable bonds is 6. The molecule has 0 N–H and O–H groups in total. The van der Waals surface area contributed by atoms with Crippen LogP contribution < -0.4 is 0 Å². The monoisotopic (exact) mass is 329 g/mol. The maximum atomic E-state index is 13.9. The van der Waals surface area contributed by atoms with Gasteiger partial charge in [-0.3, -0.25) is 4.90 Å². The van der Waals surface area contributed by atoms with E-state index in [-0.39, 0.29) is 10.6 Å². The Morgan fingerprint density at radius 3 is 2.77 bits per heavy atom. The molecule has 1 aliphatic heterocycles. The lowest BCUT2D eigenvalue weighted by atomic mass is 9.91. The van der Waals surface area contributed by atoms with Crippen LogP contribution in [0.2, 0.25) is 5.15 Å². The van der Waals surface area contributed by atoms with Gasteiger partial charge in [0.15, 0.2) is 11.0 Å². The predicted molar refractivity (Wildman–Crippen MR) is 86.6 cm³/mol. The van der Waals surface area contributed by atoms with Gasteiger partial charge in [-0.05, 0) is 18.5 Å². The Bertz CT molecular complexity index is 492. The van der Waals surface area contributed by atoms with Crippen molar-refractivity contribution in [2.45, 2.75) is 20.4 Å². The van der Waals surface area contributed by atoms with Gasteiger partial charge in [0, 0.05) is 44.5 Å². The Balaban J connectivity index is 1.89. The molecule has 2 rings (SSSR count). The molecule has 1 fully saturated rings. The molecule has 0 aromatic carbocycles. The summed E-state index contributed by atoms with van der Waals surface area (Å²) in [4.78, 5) is 8.32. The maximum absolute atomic E-state index is 13.9. The van der Waals surface area contributed by atoms with Gasteiger partial charge in [-0.2, -0.15) is 0 Å². The lowest BCUT2D eigenvalue weighted by molar-refractivity contribution is 0.0160. The largest absolute Gasteiger partial charge is 0.379 e. The van der Waals surface area contributed by atoms with E-state index in [0.717, 1.165) is 39.4 Å². The third-order valence-corrected chi connectivity index (χ3v) is 4.08. The third-order valence-electron chi connectivity index (χ3n) is 3.82. The molecule has 0 bridgehead atoms. The Hall–Kier alpha value is -0.750. The van der Waals surface area contributed by atoms with Crippen LogP contribution in [0.1, 0.15) is 19.4 Å². The summed E-state index contributed by atoms with van der Waals surface area (Å²) in [5.74, 6) is -0.415. The lowest BCUT2D eigenvalue weighted by Gasteiger charge is -2.37. The molecule has 1 saturated heterocycles. The third kappa shape index (κ3) is 5.16. The molecule has 1 aromatic rings. The van der Waals surface area contributed by atoms with Crippen LogP contribution in [0.5, 0.6) is 0 Å². The molecule has 0 radical (unpaired) electrons. The van der Waals surface area contributed by atoms with E-state index in [1.165, 1.54) is 0 Å². The van der Waals surface area contributed by atoms with Crippen LogP contribution in [-0.2, 0) is 11.3 Å². The molecule has 0 atom stereocenters. The first kappa shape index (κ1) is 17.6. The number of hydrogen-bond acceptors (Lipinski definition) is 4. The van der Waals surface area contributed by atoms with Crippen LogP contribution in [0.25, 0.3) is 0 Å². The van der Waals surface area contributed by atoms with Crippen molar-refractivity contribution in [3.8, 4) is 0 Å². The Kier molecular flexibility index (Phi) is 6.15. The number of hydrogen-bond donors (Lipinski definition) is 0. The number of aromatic nitrogens is 1. The number of halogens is 2. The Morgan fingerprint density at radius 2 is 2.09 bits per heavy atom. The first-order valence-corrected chi connectivity index (χ1v) is 8.03. The average molecular weight is 330 g/mol. The van der Waals surface area contributed by atoms with Crippen LogP contribution >= 0.6 is 11.6 Å². The highest BCUT2D eigenvalue weighted by molar-refractivity contribution is 6.29. The van der Waals surface area contributed by atoms with Gasteiger partial charge in [0.2, 0.25) is 0 Å². The van der Waals surface area contributed by atoms with E-state index in [4.69, 9.17) is 16.3 Å². The molecule has 22 heavy (non-hydrogen) atoms. The minimum absolute atomic E-state index is 0.0570. The van der Waals surface area contributed by atoms with Gasteiger partial charge in [-0.1, -0.05) is 25.4 Å². The Labute approximate surface area is 137 Å². The SMILES string of the molecule is CN(Cc1ccnc(Cl)c1F)CC(C)(C)CN1CCOCC1. The number of pyridine rings is 1. The van der Waals surface area contributed by atoms with Crippen molar-refractivity contribution in [3.05, 3.63) is 28.8 Å². The van der Waals surface area contributed by atoms with Crippen LogP contribution in [-0.4, -0.2) is 61.2 Å². The number of ether oxygens (including phenoxy) is 1. The highest BCUT2D eigenvalue weighted by Crippen LogP contribution is 2.22. The zero-order chi connectivity index (χ0) is 16.2. The summed E-state index contributed by atoms with van der Waals surface area (Å²) in [6.45, 7) is 10.5. The van der Waals surface area contributed by atoms with Gasteiger partial charge >= 0.3 is 0 Å². The predicted octanol–water partition coefficient (Wildman–Crippen LogP) is 2.66. The molecular formula is C16H25ClFN3O. The van der Waals surface area contributed by atoms with Crippen LogP contribution in [0, 0.1) is 11.2 Å². The second-order valence-corrected chi connectivity index (χ2v) is 7.16. The summed E-state index contributed by atoms with van der Waals surface area (Å²) in [5.41, 5.74) is 0.712. The second kappa shape index (κ2) is 7.68. The molecule has 0 spiro atoms. The van der Waals surface area contributed by atoms with E-state index in [1.54, 1.807) is 12.3 Å². The maximum Gasteiger partial charge on any atom is 0.165 e. The minimum atomic E-state index is -0.415. The molecule has 4 nitrogen and oxygen atoms in total. The smallest absolute Gasteiger partial charge is 0.165 e. The van der Waals surface area contributed by atoms with Crippen molar-refractivity contribution in [2.75, 3.05) is 46.4 Å². The van der Waals surface area contributed by atoms with Crippen molar-refractivity contribution >= 4 is 11.6 Å². The molecular weight excluding hydrogens is 305 g/mol. The number of morpholine rings is 1. The van der Waals surface area contributed by atoms with Crippen molar-refractivity contribution in [2.24, 2.45) is 5.41 Å². The minimum Gasteiger partial charge on any atom is -0.379 e. The van der Waals surface area contributed by atoms with Crippen molar-refractivity contribution in [3.63, 3.8) is 0 Å². The van der Waals surface area contributed by atoms with Crippen LogP contribution in [0.15, 0.2) is 12.3 Å². The standard InChI is InChI=1S/C16H25ClFN3O/c1-16(2,12-21-6-8-22-9-7-21)11-20(3)10-13-4-5-19-15(17)14(13)18/h4-5H,6-12H2,1-3H3. The van der Waals surface area contributed by atoms with Crippen molar-refractivity contribution in [1.82, 2.24) is 14.8 Å². The van der Waals surface area contributed by atoms with Gasteiger partial charge in [-0.15, -0.1) is 0 Å². The zero-order valence-electron chi connectivity index (χ0n) is 13.6. The van der Waals surface area contributed by atoms with E-state index < -0.39 is 5.82 Å².